The van der Waals surface area contributed by atoms with E-state index in [1.807, 2.05) is 17.5 Å². The number of pyridine rings is 1. The van der Waals surface area contributed by atoms with E-state index in [9.17, 15) is 4.79 Å². The number of hydrogen-bond donors (Lipinski definition) is 1. The number of amides is 1. The Morgan fingerprint density at radius 3 is 2.67 bits per heavy atom. The molecule has 0 aliphatic rings. The number of anilines is 1. The minimum absolute atomic E-state index is 0.321. The van der Waals surface area contributed by atoms with Crippen LogP contribution in [0.25, 0.3) is 11.3 Å². The van der Waals surface area contributed by atoms with Crippen molar-refractivity contribution in [3.8, 4) is 11.3 Å². The highest BCUT2D eigenvalue weighted by Gasteiger charge is 2.16. The molecule has 1 N–H and O–H groups in total. The summed E-state index contributed by atoms with van der Waals surface area (Å²) in [6.45, 7) is 0. The van der Waals surface area contributed by atoms with Crippen molar-refractivity contribution in [1.82, 2.24) is 9.97 Å². The van der Waals surface area contributed by atoms with E-state index < -0.39 is 0 Å². The Morgan fingerprint density at radius 1 is 1.24 bits per heavy atom. The predicted octanol–water partition coefficient (Wildman–Crippen LogP) is 4.83. The van der Waals surface area contributed by atoms with Gasteiger partial charge in [0.15, 0.2) is 5.13 Å². The van der Waals surface area contributed by atoms with Gasteiger partial charge < -0.3 is 0 Å². The monoisotopic (exact) mass is 355 g/mol. The van der Waals surface area contributed by atoms with Gasteiger partial charge in [-0.05, 0) is 18.2 Å². The number of nitrogens with one attached hydrogen (secondary N) is 1. The van der Waals surface area contributed by atoms with Crippen molar-refractivity contribution in [2.75, 3.05) is 5.32 Å². The minimum atomic E-state index is -0.321. The molecule has 0 bridgehead atoms. The van der Waals surface area contributed by atoms with Crippen LogP contribution in [0.1, 0.15) is 10.4 Å². The third kappa shape index (κ3) is 3.24. The number of carbonyl (C=O) groups is 1. The van der Waals surface area contributed by atoms with Crippen molar-refractivity contribution in [3.05, 3.63) is 50.2 Å². The van der Waals surface area contributed by atoms with E-state index in [0.717, 1.165) is 22.6 Å². The van der Waals surface area contributed by atoms with Crippen LogP contribution in [0, 0.1) is 0 Å². The van der Waals surface area contributed by atoms with Crippen LogP contribution in [-0.2, 0) is 0 Å². The molecular formula is C13H7Cl2N3OS2. The normalized spacial score (nSPS) is 10.6. The molecule has 0 saturated heterocycles. The molecule has 3 aromatic rings. The van der Waals surface area contributed by atoms with Crippen LogP contribution in [0.2, 0.25) is 8.67 Å². The maximum atomic E-state index is 12.1. The molecule has 0 aliphatic carbocycles. The first-order chi connectivity index (χ1) is 10.1. The highest BCUT2D eigenvalue weighted by atomic mass is 35.5. The maximum absolute atomic E-state index is 12.1. The summed E-state index contributed by atoms with van der Waals surface area (Å²) in [6, 6.07) is 5.26. The van der Waals surface area contributed by atoms with E-state index in [4.69, 9.17) is 23.2 Å². The molecule has 0 aliphatic heterocycles. The molecule has 1 amide bonds. The Bertz CT molecular complexity index is 786. The summed E-state index contributed by atoms with van der Waals surface area (Å²) >= 11 is 14.3. The van der Waals surface area contributed by atoms with Gasteiger partial charge >= 0.3 is 0 Å². The fraction of sp³-hybridized carbons (Fsp3) is 0. The van der Waals surface area contributed by atoms with Gasteiger partial charge in [-0.1, -0.05) is 23.2 Å². The van der Waals surface area contributed by atoms with Gasteiger partial charge in [-0.25, -0.2) is 4.98 Å². The average molecular weight is 356 g/mol. The van der Waals surface area contributed by atoms with E-state index in [1.54, 1.807) is 18.5 Å². The summed E-state index contributed by atoms with van der Waals surface area (Å²) in [5.41, 5.74) is 2.08. The number of nitrogens with zero attached hydrogens (tertiary/aromatic N) is 2. The second kappa shape index (κ2) is 6.11. The quantitative estimate of drug-likeness (QED) is 0.732. The Kier molecular flexibility index (Phi) is 4.21. The molecule has 0 fully saturated rings. The lowest BCUT2D eigenvalue weighted by Gasteiger charge is -1.99. The molecule has 4 nitrogen and oxygen atoms in total. The zero-order valence-electron chi connectivity index (χ0n) is 10.3. The first kappa shape index (κ1) is 14.5. The van der Waals surface area contributed by atoms with Crippen LogP contribution < -0.4 is 5.32 Å². The number of hydrogen-bond acceptors (Lipinski definition) is 5. The van der Waals surface area contributed by atoms with Crippen LogP contribution in [0.5, 0.6) is 0 Å². The second-order valence-corrected chi connectivity index (χ2v) is 7.11. The van der Waals surface area contributed by atoms with Crippen LogP contribution in [0.15, 0.2) is 36.0 Å². The van der Waals surface area contributed by atoms with E-state index in [2.05, 4.69) is 15.3 Å². The lowest BCUT2D eigenvalue weighted by Crippen LogP contribution is -2.11. The third-order valence-electron chi connectivity index (χ3n) is 2.60. The highest BCUT2D eigenvalue weighted by Crippen LogP contribution is 2.32. The summed E-state index contributed by atoms with van der Waals surface area (Å²) in [6.07, 6.45) is 3.39. The number of thiophene rings is 1. The zero-order valence-corrected chi connectivity index (χ0v) is 13.5. The van der Waals surface area contributed by atoms with Crippen molar-refractivity contribution in [2.24, 2.45) is 0 Å². The van der Waals surface area contributed by atoms with Gasteiger partial charge in [0.1, 0.15) is 4.34 Å². The van der Waals surface area contributed by atoms with E-state index >= 15 is 0 Å². The Labute approximate surface area is 138 Å². The van der Waals surface area contributed by atoms with E-state index in [-0.39, 0.29) is 5.91 Å². The van der Waals surface area contributed by atoms with Gasteiger partial charge in [-0.15, -0.1) is 22.7 Å². The first-order valence-corrected chi connectivity index (χ1v) is 8.21. The lowest BCUT2D eigenvalue weighted by molar-refractivity contribution is 0.102. The van der Waals surface area contributed by atoms with Crippen LogP contribution in [0.4, 0.5) is 5.13 Å². The number of carbonyl (C=O) groups excluding carboxylic acids is 1. The largest absolute Gasteiger partial charge is 0.298 e. The second-order valence-electron chi connectivity index (χ2n) is 3.97. The molecule has 106 valence electrons. The molecule has 3 heterocycles. The predicted molar refractivity (Wildman–Crippen MR) is 87.6 cm³/mol. The Hall–Kier alpha value is -1.47. The fourth-order valence-corrected chi connectivity index (χ4v) is 3.82. The standard InChI is InChI=1S/C13H7Cl2N3OS2/c14-10-5-8(11(15)21-10)12(19)18-13-17-9(6-20-13)7-1-3-16-4-2-7/h1-6H,(H,17,18,19). The van der Waals surface area contributed by atoms with Crippen molar-refractivity contribution in [3.63, 3.8) is 0 Å². The summed E-state index contributed by atoms with van der Waals surface area (Å²) in [5, 5.41) is 5.09. The molecular weight excluding hydrogens is 349 g/mol. The van der Waals surface area contributed by atoms with Gasteiger partial charge in [-0.3, -0.25) is 15.1 Å². The van der Waals surface area contributed by atoms with Gasteiger partial charge in [0.2, 0.25) is 0 Å². The Balaban J connectivity index is 1.79. The highest BCUT2D eigenvalue weighted by molar-refractivity contribution is 7.20. The van der Waals surface area contributed by atoms with Crippen LogP contribution in [0.3, 0.4) is 0 Å². The molecule has 0 spiro atoms. The molecule has 0 atom stereocenters. The summed E-state index contributed by atoms with van der Waals surface area (Å²) in [5.74, 6) is -0.321. The van der Waals surface area contributed by atoms with E-state index in [0.29, 0.717) is 19.4 Å². The van der Waals surface area contributed by atoms with Gasteiger partial charge in [0, 0.05) is 23.3 Å². The van der Waals surface area contributed by atoms with Gasteiger partial charge in [0.05, 0.1) is 15.6 Å². The van der Waals surface area contributed by atoms with Gasteiger partial charge in [0.25, 0.3) is 5.91 Å². The zero-order chi connectivity index (χ0) is 14.8. The van der Waals surface area contributed by atoms with Crippen molar-refractivity contribution >= 4 is 56.9 Å². The van der Waals surface area contributed by atoms with Crippen molar-refractivity contribution < 1.29 is 4.79 Å². The first-order valence-electron chi connectivity index (χ1n) is 5.75. The molecule has 0 aromatic carbocycles. The van der Waals surface area contributed by atoms with Gasteiger partial charge in [-0.2, -0.15) is 0 Å². The average Bonchev–Trinajstić information content (AvgIpc) is 3.06. The fourth-order valence-electron chi connectivity index (χ4n) is 1.65. The summed E-state index contributed by atoms with van der Waals surface area (Å²) in [7, 11) is 0. The van der Waals surface area contributed by atoms with Crippen LogP contribution in [-0.4, -0.2) is 15.9 Å². The third-order valence-corrected chi connectivity index (χ3v) is 4.85. The smallest absolute Gasteiger partial charge is 0.259 e. The molecule has 21 heavy (non-hydrogen) atoms. The number of thiazole rings is 1. The molecule has 8 heteroatoms. The van der Waals surface area contributed by atoms with Crippen molar-refractivity contribution in [2.45, 2.75) is 0 Å². The maximum Gasteiger partial charge on any atom is 0.259 e. The lowest BCUT2D eigenvalue weighted by atomic mass is 10.2. The Morgan fingerprint density at radius 2 is 2.00 bits per heavy atom. The minimum Gasteiger partial charge on any atom is -0.298 e. The van der Waals surface area contributed by atoms with Crippen molar-refractivity contribution in [1.29, 1.82) is 0 Å². The summed E-state index contributed by atoms with van der Waals surface area (Å²) < 4.78 is 0.838. The molecule has 3 rings (SSSR count). The SMILES string of the molecule is O=C(Nc1nc(-c2ccncc2)cs1)c1cc(Cl)sc1Cl. The van der Waals surface area contributed by atoms with Crippen LogP contribution >= 0.6 is 45.9 Å². The molecule has 3 aromatic heterocycles. The number of halogens is 2. The molecule has 0 radical (unpaired) electrons. The van der Waals surface area contributed by atoms with E-state index in [1.165, 1.54) is 11.3 Å². The number of aromatic nitrogens is 2. The number of rotatable bonds is 3. The topological polar surface area (TPSA) is 54.9 Å². The molecule has 0 saturated carbocycles. The molecule has 0 unspecified atom stereocenters. The summed E-state index contributed by atoms with van der Waals surface area (Å²) in [4.78, 5) is 20.4.